The van der Waals surface area contributed by atoms with Crippen LogP contribution in [0.4, 0.5) is 8.78 Å². The summed E-state index contributed by atoms with van der Waals surface area (Å²) in [6.07, 6.45) is 0. The van der Waals surface area contributed by atoms with E-state index >= 15 is 0 Å². The number of fused-ring (bicyclic) bond motifs is 2. The van der Waals surface area contributed by atoms with Gasteiger partial charge in [0.15, 0.2) is 5.43 Å². The van der Waals surface area contributed by atoms with Crippen LogP contribution in [0.2, 0.25) is 0 Å². The lowest BCUT2D eigenvalue weighted by Crippen LogP contribution is -2.37. The number of nitrogens with zero attached hydrogens (tertiary/aromatic N) is 2. The van der Waals surface area contributed by atoms with E-state index in [1.807, 2.05) is 13.8 Å². The molecule has 156 valence electrons. The Labute approximate surface area is 172 Å². The number of carbonyl (C=O) groups is 1. The Kier molecular flexibility index (Phi) is 5.39. The summed E-state index contributed by atoms with van der Waals surface area (Å²) < 4.78 is 33.1. The quantitative estimate of drug-likeness (QED) is 0.615. The fraction of sp³-hybridized carbons (Fsp3) is 0.304. The molecule has 0 bridgehead atoms. The second-order valence-electron chi connectivity index (χ2n) is 7.29. The summed E-state index contributed by atoms with van der Waals surface area (Å²) in [6.45, 7) is 6.71. The molecule has 1 amide bonds. The van der Waals surface area contributed by atoms with Crippen LogP contribution >= 0.6 is 0 Å². The molecule has 1 aliphatic heterocycles. The molecular weight excluding hydrogens is 390 g/mol. The zero-order chi connectivity index (χ0) is 21.4. The van der Waals surface area contributed by atoms with Gasteiger partial charge in [-0.25, -0.2) is 8.78 Å². The van der Waals surface area contributed by atoms with Crippen molar-refractivity contribution in [2.75, 3.05) is 26.2 Å². The minimum Gasteiger partial charge on any atom is -0.450 e. The SMILES string of the molecule is CCN(CC)CCN1C(=O)c2oc3ccc(F)cc3c(=O)c2C1c1ccc(F)cc1. The number of hydrogen-bond donors (Lipinski definition) is 0. The molecule has 30 heavy (non-hydrogen) atoms. The van der Waals surface area contributed by atoms with E-state index in [-0.39, 0.29) is 22.3 Å². The maximum absolute atomic E-state index is 13.8. The molecule has 2 heterocycles. The Morgan fingerprint density at radius 1 is 1.00 bits per heavy atom. The van der Waals surface area contributed by atoms with Crippen LogP contribution in [0.15, 0.2) is 51.7 Å². The summed E-state index contributed by atoms with van der Waals surface area (Å²) in [5, 5.41) is 0.0826. The number of halogens is 2. The molecule has 7 heteroatoms. The monoisotopic (exact) mass is 412 g/mol. The molecule has 1 aliphatic rings. The van der Waals surface area contributed by atoms with Crippen molar-refractivity contribution in [3.05, 3.63) is 81.2 Å². The van der Waals surface area contributed by atoms with Gasteiger partial charge in [-0.2, -0.15) is 0 Å². The first-order valence-corrected chi connectivity index (χ1v) is 9.99. The average Bonchev–Trinajstić information content (AvgIpc) is 3.02. The van der Waals surface area contributed by atoms with Gasteiger partial charge in [-0.3, -0.25) is 9.59 Å². The predicted octanol–water partition coefficient (Wildman–Crippen LogP) is 3.96. The molecule has 2 aromatic carbocycles. The van der Waals surface area contributed by atoms with Gasteiger partial charge in [0.05, 0.1) is 17.0 Å². The van der Waals surface area contributed by atoms with Crippen LogP contribution in [0, 0.1) is 11.6 Å². The third kappa shape index (κ3) is 3.39. The maximum atomic E-state index is 13.8. The van der Waals surface area contributed by atoms with Crippen LogP contribution in [0.25, 0.3) is 11.0 Å². The summed E-state index contributed by atoms with van der Waals surface area (Å²) in [7, 11) is 0. The summed E-state index contributed by atoms with van der Waals surface area (Å²) >= 11 is 0. The molecule has 3 aromatic rings. The van der Waals surface area contributed by atoms with Gasteiger partial charge in [0.25, 0.3) is 5.91 Å². The Hall–Kier alpha value is -3.06. The van der Waals surface area contributed by atoms with E-state index in [1.54, 1.807) is 17.0 Å². The number of rotatable bonds is 6. The number of carbonyl (C=O) groups excluding carboxylic acids is 1. The molecule has 1 unspecified atom stereocenters. The molecular formula is C23H22F2N2O3. The highest BCUT2D eigenvalue weighted by molar-refractivity contribution is 5.99. The van der Waals surface area contributed by atoms with Crippen molar-refractivity contribution in [1.82, 2.24) is 9.80 Å². The lowest BCUT2D eigenvalue weighted by molar-refractivity contribution is 0.0708. The van der Waals surface area contributed by atoms with Gasteiger partial charge in [0.1, 0.15) is 17.2 Å². The molecule has 1 aromatic heterocycles. The first-order chi connectivity index (χ1) is 14.4. The van der Waals surface area contributed by atoms with Gasteiger partial charge in [-0.05, 0) is 49.0 Å². The molecule has 5 nitrogen and oxygen atoms in total. The lowest BCUT2D eigenvalue weighted by atomic mass is 9.98. The summed E-state index contributed by atoms with van der Waals surface area (Å²) in [6, 6.07) is 8.65. The maximum Gasteiger partial charge on any atom is 0.290 e. The van der Waals surface area contributed by atoms with E-state index in [9.17, 15) is 18.4 Å². The Morgan fingerprint density at radius 2 is 1.67 bits per heavy atom. The van der Waals surface area contributed by atoms with Crippen LogP contribution in [0.1, 0.15) is 41.6 Å². The van der Waals surface area contributed by atoms with Crippen molar-refractivity contribution in [2.24, 2.45) is 0 Å². The molecule has 1 atom stereocenters. The number of benzene rings is 2. The zero-order valence-electron chi connectivity index (χ0n) is 16.8. The van der Waals surface area contributed by atoms with Crippen LogP contribution < -0.4 is 5.43 Å². The second-order valence-corrected chi connectivity index (χ2v) is 7.29. The van der Waals surface area contributed by atoms with Crippen molar-refractivity contribution in [3.8, 4) is 0 Å². The highest BCUT2D eigenvalue weighted by Gasteiger charge is 2.42. The highest BCUT2D eigenvalue weighted by atomic mass is 19.1. The van der Waals surface area contributed by atoms with E-state index in [4.69, 9.17) is 4.42 Å². The Morgan fingerprint density at radius 3 is 2.33 bits per heavy atom. The van der Waals surface area contributed by atoms with Gasteiger partial charge >= 0.3 is 0 Å². The highest BCUT2D eigenvalue weighted by Crippen LogP contribution is 2.38. The van der Waals surface area contributed by atoms with Crippen LogP contribution in [-0.4, -0.2) is 41.9 Å². The number of likely N-dealkylation sites (N-methyl/N-ethyl adjacent to an activating group) is 1. The Bertz CT molecular complexity index is 1150. The molecule has 0 spiro atoms. The number of hydrogen-bond acceptors (Lipinski definition) is 4. The molecule has 0 fully saturated rings. The topological polar surface area (TPSA) is 53.8 Å². The van der Waals surface area contributed by atoms with Crippen molar-refractivity contribution < 1.29 is 18.0 Å². The van der Waals surface area contributed by atoms with Gasteiger partial charge in [-0.1, -0.05) is 26.0 Å². The largest absolute Gasteiger partial charge is 0.450 e. The van der Waals surface area contributed by atoms with Gasteiger partial charge in [-0.15, -0.1) is 0 Å². The normalized spacial score (nSPS) is 16.0. The third-order valence-corrected chi connectivity index (χ3v) is 5.67. The van der Waals surface area contributed by atoms with Crippen LogP contribution in [-0.2, 0) is 0 Å². The molecule has 0 aliphatic carbocycles. The van der Waals surface area contributed by atoms with Gasteiger partial charge in [0.2, 0.25) is 5.76 Å². The molecule has 0 saturated carbocycles. The zero-order valence-corrected chi connectivity index (χ0v) is 16.8. The third-order valence-electron chi connectivity index (χ3n) is 5.67. The van der Waals surface area contributed by atoms with Crippen LogP contribution in [0.5, 0.6) is 0 Å². The van der Waals surface area contributed by atoms with Crippen molar-refractivity contribution in [3.63, 3.8) is 0 Å². The smallest absolute Gasteiger partial charge is 0.290 e. The summed E-state index contributed by atoms with van der Waals surface area (Å²) in [4.78, 5) is 30.2. The second kappa shape index (κ2) is 7.99. The molecule has 0 radical (unpaired) electrons. The average molecular weight is 412 g/mol. The van der Waals surface area contributed by atoms with E-state index in [2.05, 4.69) is 4.90 Å². The van der Waals surface area contributed by atoms with E-state index in [0.29, 0.717) is 18.7 Å². The van der Waals surface area contributed by atoms with Crippen molar-refractivity contribution in [2.45, 2.75) is 19.9 Å². The molecule has 0 N–H and O–H groups in total. The first-order valence-electron chi connectivity index (χ1n) is 9.99. The fourth-order valence-corrected chi connectivity index (χ4v) is 4.00. The van der Waals surface area contributed by atoms with E-state index in [1.165, 1.54) is 24.3 Å². The number of amides is 1. The minimum absolute atomic E-state index is 0.0343. The van der Waals surface area contributed by atoms with E-state index < -0.39 is 29.0 Å². The summed E-state index contributed by atoms with van der Waals surface area (Å²) in [5.74, 6) is -1.40. The fourth-order valence-electron chi connectivity index (χ4n) is 4.00. The Balaban J connectivity index is 1.87. The molecule has 4 rings (SSSR count). The lowest BCUT2D eigenvalue weighted by Gasteiger charge is -2.28. The van der Waals surface area contributed by atoms with Crippen molar-refractivity contribution >= 4 is 16.9 Å². The summed E-state index contributed by atoms with van der Waals surface area (Å²) in [5.41, 5.74) is 0.492. The van der Waals surface area contributed by atoms with Gasteiger partial charge in [0, 0.05) is 13.1 Å². The van der Waals surface area contributed by atoms with Crippen molar-refractivity contribution in [1.29, 1.82) is 0 Å². The standard InChI is InChI=1S/C23H22F2N2O3/c1-3-26(4-2)11-12-27-20(14-5-7-15(24)8-6-14)19-21(28)17-13-16(25)9-10-18(17)30-22(19)23(27)29/h5-10,13,20H,3-4,11-12H2,1-2H3. The predicted molar refractivity (Wildman–Crippen MR) is 110 cm³/mol. The van der Waals surface area contributed by atoms with Crippen LogP contribution in [0.3, 0.4) is 0 Å². The minimum atomic E-state index is -0.715. The molecule has 0 saturated heterocycles. The van der Waals surface area contributed by atoms with E-state index in [0.717, 1.165) is 19.2 Å². The first kappa shape index (κ1) is 20.2. The van der Waals surface area contributed by atoms with Gasteiger partial charge < -0.3 is 14.2 Å².